The topological polar surface area (TPSA) is 59.1 Å². The Kier molecular flexibility index (Phi) is 7.70. The summed E-state index contributed by atoms with van der Waals surface area (Å²) in [5.74, 6) is 0.434. The lowest BCUT2D eigenvalue weighted by Crippen LogP contribution is -2.49. The molecule has 2 amide bonds. The van der Waals surface area contributed by atoms with Gasteiger partial charge in [-0.1, -0.05) is 6.07 Å². The molecule has 1 atom stereocenters. The van der Waals surface area contributed by atoms with E-state index in [9.17, 15) is 14.0 Å². The van der Waals surface area contributed by atoms with E-state index in [0.717, 1.165) is 12.0 Å². The van der Waals surface area contributed by atoms with Crippen LogP contribution in [0.2, 0.25) is 0 Å². The fraction of sp³-hybridized carbons (Fsp3) is 0.333. The smallest absolute Gasteiger partial charge is 0.254 e. The van der Waals surface area contributed by atoms with Gasteiger partial charge >= 0.3 is 0 Å². The number of fused-ring (bicyclic) bond motifs is 1. The number of methoxy groups -OCH3 is 1. The molecule has 1 aliphatic heterocycles. The molecule has 6 nitrogen and oxygen atoms in total. The Labute approximate surface area is 208 Å². The largest absolute Gasteiger partial charge is 0.497 e. The van der Waals surface area contributed by atoms with Crippen LogP contribution < -0.4 is 9.47 Å². The molecule has 2 heterocycles. The maximum Gasteiger partial charge on any atom is 0.254 e. The summed E-state index contributed by atoms with van der Waals surface area (Å²) in [6, 6.07) is 14.4. The number of rotatable bonds is 8. The molecule has 0 saturated heterocycles. The van der Waals surface area contributed by atoms with Crippen molar-refractivity contribution in [2.45, 2.75) is 32.4 Å². The summed E-state index contributed by atoms with van der Waals surface area (Å²) >= 11 is 1.67. The monoisotopic (exact) mass is 496 g/mol. The van der Waals surface area contributed by atoms with E-state index in [1.807, 2.05) is 25.3 Å². The third-order valence-electron chi connectivity index (χ3n) is 6.14. The molecule has 8 heteroatoms. The van der Waals surface area contributed by atoms with Gasteiger partial charge in [0, 0.05) is 23.0 Å². The molecule has 4 rings (SSSR count). The van der Waals surface area contributed by atoms with Gasteiger partial charge in [-0.2, -0.15) is 0 Å². The van der Waals surface area contributed by atoms with E-state index in [1.54, 1.807) is 64.6 Å². The third-order valence-corrected chi connectivity index (χ3v) is 7.14. The molecule has 0 aliphatic carbocycles. The SMILES string of the molecule is COc1cccc(C(=O)N(CC(=O)N2CCc3sccc3[C@H]2COc2ccc(F)cc2)C(C)C)c1. The van der Waals surface area contributed by atoms with Crippen molar-refractivity contribution in [1.82, 2.24) is 9.80 Å². The van der Waals surface area contributed by atoms with E-state index in [2.05, 4.69) is 0 Å². The summed E-state index contributed by atoms with van der Waals surface area (Å²) in [6.07, 6.45) is 0.761. The lowest BCUT2D eigenvalue weighted by atomic mass is 10.00. The minimum Gasteiger partial charge on any atom is -0.497 e. The van der Waals surface area contributed by atoms with Crippen molar-refractivity contribution in [2.24, 2.45) is 0 Å². The van der Waals surface area contributed by atoms with Gasteiger partial charge in [0.2, 0.25) is 5.91 Å². The standard InChI is InChI=1S/C27H29FN2O4S/c1-18(2)30(27(32)19-5-4-6-22(15-19)33-3)16-26(31)29-13-11-25-23(12-14-35-25)24(29)17-34-21-9-7-20(28)8-10-21/h4-10,12,14-15,18,24H,11,13,16-17H2,1-3H3/t24-/m1/s1. The number of halogens is 1. The number of benzene rings is 2. The first-order valence-electron chi connectivity index (χ1n) is 11.6. The maximum atomic E-state index is 13.6. The first-order chi connectivity index (χ1) is 16.9. The number of ether oxygens (including phenoxy) is 2. The Balaban J connectivity index is 1.53. The van der Waals surface area contributed by atoms with Crippen molar-refractivity contribution in [1.29, 1.82) is 0 Å². The highest BCUT2D eigenvalue weighted by molar-refractivity contribution is 7.10. The van der Waals surface area contributed by atoms with Crippen molar-refractivity contribution >= 4 is 23.2 Å². The van der Waals surface area contributed by atoms with Crippen molar-refractivity contribution in [3.63, 3.8) is 0 Å². The molecular weight excluding hydrogens is 467 g/mol. The predicted molar refractivity (Wildman–Crippen MR) is 134 cm³/mol. The van der Waals surface area contributed by atoms with Crippen LogP contribution in [0.4, 0.5) is 4.39 Å². The lowest BCUT2D eigenvalue weighted by Gasteiger charge is -2.37. The number of carbonyl (C=O) groups is 2. The van der Waals surface area contributed by atoms with E-state index in [1.165, 1.54) is 17.0 Å². The molecule has 0 fully saturated rings. The maximum absolute atomic E-state index is 13.6. The van der Waals surface area contributed by atoms with Gasteiger partial charge in [0.15, 0.2) is 0 Å². The molecule has 35 heavy (non-hydrogen) atoms. The van der Waals surface area contributed by atoms with Gasteiger partial charge in [-0.25, -0.2) is 4.39 Å². The fourth-order valence-electron chi connectivity index (χ4n) is 4.23. The van der Waals surface area contributed by atoms with E-state index in [-0.39, 0.29) is 42.9 Å². The van der Waals surface area contributed by atoms with Gasteiger partial charge in [0.25, 0.3) is 5.91 Å². The lowest BCUT2D eigenvalue weighted by molar-refractivity contribution is -0.136. The van der Waals surface area contributed by atoms with Gasteiger partial charge < -0.3 is 19.3 Å². The average molecular weight is 497 g/mol. The zero-order chi connectivity index (χ0) is 24.9. The molecule has 3 aromatic rings. The second-order valence-electron chi connectivity index (χ2n) is 8.68. The first-order valence-corrected chi connectivity index (χ1v) is 12.4. The summed E-state index contributed by atoms with van der Waals surface area (Å²) in [6.45, 7) is 4.54. The van der Waals surface area contributed by atoms with Crippen LogP contribution >= 0.6 is 11.3 Å². The molecule has 184 valence electrons. The zero-order valence-corrected chi connectivity index (χ0v) is 20.9. The summed E-state index contributed by atoms with van der Waals surface area (Å²) in [5, 5.41) is 2.02. The molecule has 0 bridgehead atoms. The number of nitrogens with zero attached hydrogens (tertiary/aromatic N) is 2. The van der Waals surface area contributed by atoms with Crippen LogP contribution in [-0.2, 0) is 11.2 Å². The van der Waals surface area contributed by atoms with Gasteiger partial charge in [-0.3, -0.25) is 9.59 Å². The highest BCUT2D eigenvalue weighted by atomic mass is 32.1. The van der Waals surface area contributed by atoms with Crippen LogP contribution in [0.5, 0.6) is 11.5 Å². The van der Waals surface area contributed by atoms with Crippen molar-refractivity contribution in [2.75, 3.05) is 26.8 Å². The summed E-state index contributed by atoms with van der Waals surface area (Å²) in [7, 11) is 1.55. The molecule has 1 aliphatic rings. The van der Waals surface area contributed by atoms with Gasteiger partial charge in [0.05, 0.1) is 13.2 Å². The van der Waals surface area contributed by atoms with E-state index in [4.69, 9.17) is 9.47 Å². The first kappa shape index (κ1) is 24.7. The fourth-order valence-corrected chi connectivity index (χ4v) is 5.16. The Morgan fingerprint density at radius 2 is 1.91 bits per heavy atom. The van der Waals surface area contributed by atoms with Crippen molar-refractivity contribution in [3.05, 3.63) is 81.8 Å². The minimum absolute atomic E-state index is 0.0414. The van der Waals surface area contributed by atoms with Crippen molar-refractivity contribution < 1.29 is 23.5 Å². The van der Waals surface area contributed by atoms with Crippen LogP contribution in [0, 0.1) is 5.82 Å². The molecule has 0 radical (unpaired) electrons. The molecule has 1 aromatic heterocycles. The Bertz CT molecular complexity index is 1180. The summed E-state index contributed by atoms with van der Waals surface area (Å²) in [5.41, 5.74) is 1.53. The molecule has 0 saturated carbocycles. The Hall–Kier alpha value is -3.39. The van der Waals surface area contributed by atoms with E-state index < -0.39 is 0 Å². The Morgan fingerprint density at radius 1 is 1.14 bits per heavy atom. The van der Waals surface area contributed by atoms with Gasteiger partial charge in [-0.15, -0.1) is 11.3 Å². The Morgan fingerprint density at radius 3 is 2.63 bits per heavy atom. The van der Waals surface area contributed by atoms with E-state index in [0.29, 0.717) is 23.6 Å². The number of hydrogen-bond acceptors (Lipinski definition) is 5. The van der Waals surface area contributed by atoms with Crippen LogP contribution in [0.3, 0.4) is 0 Å². The molecule has 2 aromatic carbocycles. The zero-order valence-electron chi connectivity index (χ0n) is 20.1. The normalized spacial score (nSPS) is 15.0. The number of carbonyl (C=O) groups excluding carboxylic acids is 2. The van der Waals surface area contributed by atoms with Crippen molar-refractivity contribution in [3.8, 4) is 11.5 Å². The molecule has 0 N–H and O–H groups in total. The summed E-state index contributed by atoms with van der Waals surface area (Å²) < 4.78 is 24.5. The van der Waals surface area contributed by atoms with Gasteiger partial charge in [0.1, 0.15) is 30.5 Å². The number of hydrogen-bond donors (Lipinski definition) is 0. The predicted octanol–water partition coefficient (Wildman–Crippen LogP) is 4.95. The molecule has 0 unspecified atom stereocenters. The molecule has 0 spiro atoms. The van der Waals surface area contributed by atoms with Crippen LogP contribution in [-0.4, -0.2) is 54.5 Å². The number of thiophene rings is 1. The summed E-state index contributed by atoms with van der Waals surface area (Å²) in [4.78, 5) is 31.5. The average Bonchev–Trinajstić information content (AvgIpc) is 3.35. The quantitative estimate of drug-likeness (QED) is 0.443. The highest BCUT2D eigenvalue weighted by Gasteiger charge is 2.34. The second-order valence-corrected chi connectivity index (χ2v) is 9.68. The van der Waals surface area contributed by atoms with Gasteiger partial charge in [-0.05, 0) is 79.7 Å². The van der Waals surface area contributed by atoms with Crippen LogP contribution in [0.25, 0.3) is 0 Å². The highest BCUT2D eigenvalue weighted by Crippen LogP contribution is 2.34. The van der Waals surface area contributed by atoms with Crippen LogP contribution in [0.15, 0.2) is 60.0 Å². The number of amides is 2. The second kappa shape index (κ2) is 10.9. The minimum atomic E-state index is -0.332. The molecular formula is C27H29FN2O4S. The van der Waals surface area contributed by atoms with Crippen LogP contribution in [0.1, 0.15) is 40.7 Å². The third kappa shape index (κ3) is 5.65. The van der Waals surface area contributed by atoms with E-state index >= 15 is 0 Å².